The number of halogens is 1. The largest absolute Gasteiger partial charge is 0.466 e. The lowest BCUT2D eigenvalue weighted by atomic mass is 9.91. The molecule has 0 spiro atoms. The lowest BCUT2D eigenvalue weighted by Gasteiger charge is -2.24. The van der Waals surface area contributed by atoms with Crippen LogP contribution in [0.25, 0.3) is 0 Å². The van der Waals surface area contributed by atoms with Gasteiger partial charge in [-0.05, 0) is 61.6 Å². The standard InChI is InChI=1S/C21H21ClN2O5/c1-2-29-20(25)12-15-4-3-11-23(19-10-7-16(22)13-18(15)19)21(26)14-5-8-17(9-6-14)24(27)28/h5-10,13,15H,2-4,11-12H2,1H3. The Morgan fingerprint density at radius 3 is 2.62 bits per heavy atom. The van der Waals surface area contributed by atoms with E-state index in [1.165, 1.54) is 24.3 Å². The van der Waals surface area contributed by atoms with Crippen LogP contribution in [0.4, 0.5) is 11.4 Å². The molecular weight excluding hydrogens is 396 g/mol. The smallest absolute Gasteiger partial charge is 0.306 e. The quantitative estimate of drug-likeness (QED) is 0.399. The molecule has 2 aromatic rings. The van der Waals surface area contributed by atoms with Crippen LogP contribution < -0.4 is 4.90 Å². The van der Waals surface area contributed by atoms with Crippen molar-refractivity contribution in [3.05, 3.63) is 68.7 Å². The Bertz CT molecular complexity index is 929. The number of rotatable bonds is 5. The van der Waals surface area contributed by atoms with Gasteiger partial charge in [0.05, 0.1) is 18.0 Å². The summed E-state index contributed by atoms with van der Waals surface area (Å²) in [6.07, 6.45) is 1.64. The zero-order chi connectivity index (χ0) is 21.0. The number of nitro groups is 1. The number of hydrogen-bond donors (Lipinski definition) is 0. The van der Waals surface area contributed by atoms with E-state index in [0.29, 0.717) is 35.8 Å². The first kappa shape index (κ1) is 20.8. The normalized spacial score (nSPS) is 15.9. The Balaban J connectivity index is 1.93. The Morgan fingerprint density at radius 1 is 1.24 bits per heavy atom. The number of non-ortho nitro benzene ring substituents is 1. The number of fused-ring (bicyclic) bond motifs is 1. The highest BCUT2D eigenvalue weighted by atomic mass is 35.5. The predicted octanol–water partition coefficient (Wildman–Crippen LogP) is 4.73. The SMILES string of the molecule is CCOC(=O)CC1CCCN(C(=O)c2ccc([N+](=O)[O-])cc2)c2ccc(Cl)cc21. The highest BCUT2D eigenvalue weighted by Crippen LogP contribution is 2.38. The molecule has 1 atom stereocenters. The van der Waals surface area contributed by atoms with E-state index in [0.717, 1.165) is 12.0 Å². The molecule has 1 heterocycles. The molecule has 0 aliphatic carbocycles. The lowest BCUT2D eigenvalue weighted by molar-refractivity contribution is -0.384. The van der Waals surface area contributed by atoms with Crippen molar-refractivity contribution < 1.29 is 19.2 Å². The van der Waals surface area contributed by atoms with Crippen molar-refractivity contribution in [1.82, 2.24) is 0 Å². The number of ether oxygens (including phenoxy) is 1. The first-order chi connectivity index (χ1) is 13.9. The Morgan fingerprint density at radius 2 is 1.97 bits per heavy atom. The van der Waals surface area contributed by atoms with Gasteiger partial charge in [-0.2, -0.15) is 0 Å². The first-order valence-corrected chi connectivity index (χ1v) is 9.80. The van der Waals surface area contributed by atoms with Crippen LogP contribution in [0.5, 0.6) is 0 Å². The number of nitrogens with zero attached hydrogens (tertiary/aromatic N) is 2. The molecule has 0 fully saturated rings. The summed E-state index contributed by atoms with van der Waals surface area (Å²) in [5.41, 5.74) is 1.82. The Hall–Kier alpha value is -2.93. The minimum atomic E-state index is -0.503. The third kappa shape index (κ3) is 4.74. The number of nitro benzene ring substituents is 1. The fourth-order valence-corrected chi connectivity index (χ4v) is 3.78. The van der Waals surface area contributed by atoms with Crippen LogP contribution in [0.1, 0.15) is 48.0 Å². The van der Waals surface area contributed by atoms with Gasteiger partial charge in [0.1, 0.15) is 0 Å². The highest BCUT2D eigenvalue weighted by molar-refractivity contribution is 6.30. The molecule has 1 aliphatic heterocycles. The molecule has 152 valence electrons. The maximum Gasteiger partial charge on any atom is 0.306 e. The van der Waals surface area contributed by atoms with Gasteiger partial charge in [-0.3, -0.25) is 19.7 Å². The van der Waals surface area contributed by atoms with Gasteiger partial charge < -0.3 is 9.64 Å². The van der Waals surface area contributed by atoms with Gasteiger partial charge in [0, 0.05) is 35.0 Å². The van der Waals surface area contributed by atoms with Crippen molar-refractivity contribution in [2.24, 2.45) is 0 Å². The molecule has 1 unspecified atom stereocenters. The summed E-state index contributed by atoms with van der Waals surface area (Å²) in [7, 11) is 0. The van der Waals surface area contributed by atoms with Crippen molar-refractivity contribution in [3.8, 4) is 0 Å². The summed E-state index contributed by atoms with van der Waals surface area (Å²) in [5.74, 6) is -0.628. The van der Waals surface area contributed by atoms with Gasteiger partial charge in [-0.25, -0.2) is 0 Å². The minimum absolute atomic E-state index is 0.0703. The average molecular weight is 417 g/mol. The average Bonchev–Trinajstić information content (AvgIpc) is 2.87. The van der Waals surface area contributed by atoms with Crippen molar-refractivity contribution in [3.63, 3.8) is 0 Å². The third-order valence-electron chi connectivity index (χ3n) is 4.94. The molecule has 3 rings (SSSR count). The topological polar surface area (TPSA) is 89.8 Å². The van der Waals surface area contributed by atoms with Crippen LogP contribution in [0.3, 0.4) is 0 Å². The molecule has 7 nitrogen and oxygen atoms in total. The summed E-state index contributed by atoms with van der Waals surface area (Å²) in [4.78, 5) is 37.2. The van der Waals surface area contributed by atoms with Gasteiger partial charge >= 0.3 is 5.97 Å². The first-order valence-electron chi connectivity index (χ1n) is 9.42. The molecular formula is C21H21ClN2O5. The Kier molecular flexibility index (Phi) is 6.49. The van der Waals surface area contributed by atoms with Crippen molar-refractivity contribution in [2.75, 3.05) is 18.1 Å². The summed E-state index contributed by atoms with van der Waals surface area (Å²) in [5, 5.41) is 11.4. The van der Waals surface area contributed by atoms with Crippen LogP contribution >= 0.6 is 11.6 Å². The minimum Gasteiger partial charge on any atom is -0.466 e. The van der Waals surface area contributed by atoms with Gasteiger partial charge in [-0.15, -0.1) is 0 Å². The molecule has 2 aromatic carbocycles. The van der Waals surface area contributed by atoms with Crippen molar-refractivity contribution in [1.29, 1.82) is 0 Å². The summed E-state index contributed by atoms with van der Waals surface area (Å²) < 4.78 is 5.10. The second kappa shape index (κ2) is 9.05. The maximum atomic E-state index is 13.1. The fourth-order valence-electron chi connectivity index (χ4n) is 3.60. The van der Waals surface area contributed by atoms with E-state index in [4.69, 9.17) is 16.3 Å². The zero-order valence-corrected chi connectivity index (χ0v) is 16.7. The molecule has 29 heavy (non-hydrogen) atoms. The van der Waals surface area contributed by atoms with Gasteiger partial charge in [0.2, 0.25) is 0 Å². The number of benzene rings is 2. The van der Waals surface area contributed by atoms with Crippen molar-refractivity contribution in [2.45, 2.75) is 32.1 Å². The second-order valence-electron chi connectivity index (χ2n) is 6.81. The van der Waals surface area contributed by atoms with Crippen molar-refractivity contribution >= 4 is 34.9 Å². The maximum absolute atomic E-state index is 13.1. The summed E-state index contributed by atoms with van der Waals surface area (Å²) >= 11 is 6.20. The number of amides is 1. The number of esters is 1. The fraction of sp³-hybridized carbons (Fsp3) is 0.333. The Labute approximate surface area is 173 Å². The van der Waals surface area contributed by atoms with E-state index in [2.05, 4.69) is 0 Å². The van der Waals surface area contributed by atoms with E-state index in [-0.39, 0.29) is 29.9 Å². The van der Waals surface area contributed by atoms with Crippen LogP contribution in [-0.4, -0.2) is 30.0 Å². The van der Waals surface area contributed by atoms with Gasteiger partial charge in [0.15, 0.2) is 0 Å². The molecule has 0 aromatic heterocycles. The van der Waals surface area contributed by atoms with Crippen LogP contribution in [-0.2, 0) is 9.53 Å². The zero-order valence-electron chi connectivity index (χ0n) is 16.0. The molecule has 8 heteroatoms. The van der Waals surface area contributed by atoms with E-state index in [9.17, 15) is 19.7 Å². The van der Waals surface area contributed by atoms with E-state index >= 15 is 0 Å². The molecule has 1 aliphatic rings. The number of hydrogen-bond acceptors (Lipinski definition) is 5. The third-order valence-corrected chi connectivity index (χ3v) is 5.18. The summed E-state index contributed by atoms with van der Waals surface area (Å²) in [6.45, 7) is 2.56. The number of anilines is 1. The van der Waals surface area contributed by atoms with E-state index < -0.39 is 4.92 Å². The lowest BCUT2D eigenvalue weighted by Crippen LogP contribution is -2.31. The van der Waals surface area contributed by atoms with E-state index in [1.807, 2.05) is 0 Å². The molecule has 0 saturated heterocycles. The highest BCUT2D eigenvalue weighted by Gasteiger charge is 2.29. The van der Waals surface area contributed by atoms with Crippen LogP contribution in [0, 0.1) is 10.1 Å². The van der Waals surface area contributed by atoms with Gasteiger partial charge in [0.25, 0.3) is 11.6 Å². The second-order valence-corrected chi connectivity index (χ2v) is 7.25. The van der Waals surface area contributed by atoms with Crippen LogP contribution in [0.2, 0.25) is 5.02 Å². The van der Waals surface area contributed by atoms with Gasteiger partial charge in [-0.1, -0.05) is 11.6 Å². The summed E-state index contributed by atoms with van der Waals surface area (Å²) in [6, 6.07) is 10.8. The number of carbonyl (C=O) groups is 2. The predicted molar refractivity (Wildman–Crippen MR) is 109 cm³/mol. The molecule has 0 radical (unpaired) electrons. The van der Waals surface area contributed by atoms with E-state index in [1.54, 1.807) is 30.0 Å². The molecule has 0 N–H and O–H groups in total. The van der Waals surface area contributed by atoms with Crippen LogP contribution in [0.15, 0.2) is 42.5 Å². The monoisotopic (exact) mass is 416 g/mol. The molecule has 1 amide bonds. The number of carbonyl (C=O) groups excluding carboxylic acids is 2. The molecule has 0 bridgehead atoms. The molecule has 0 saturated carbocycles.